The van der Waals surface area contributed by atoms with Gasteiger partial charge in [-0.3, -0.25) is 4.18 Å². The van der Waals surface area contributed by atoms with Crippen LogP contribution in [-0.4, -0.2) is 27.7 Å². The van der Waals surface area contributed by atoms with Gasteiger partial charge in [-0.05, 0) is 43.3 Å². The Hall–Kier alpha value is -2.32. The summed E-state index contributed by atoms with van der Waals surface area (Å²) in [6.07, 6.45) is -0.778. The average Bonchev–Trinajstić information content (AvgIpc) is 2.73. The molecule has 1 atom stereocenters. The van der Waals surface area contributed by atoms with E-state index in [1.54, 1.807) is 24.3 Å². The minimum atomic E-state index is -3.98. The molecule has 1 aliphatic rings. The van der Waals surface area contributed by atoms with Crippen molar-refractivity contribution in [1.29, 1.82) is 0 Å². The maximum Gasteiger partial charge on any atom is 0.297 e. The van der Waals surface area contributed by atoms with Crippen LogP contribution in [0.2, 0.25) is 10.0 Å². The molecule has 0 amide bonds. The molecule has 3 aromatic carbocycles. The predicted molar refractivity (Wildman–Crippen MR) is 116 cm³/mol. The number of ether oxygens (including phenoxy) is 2. The Morgan fingerprint density at radius 1 is 1.10 bits per heavy atom. The van der Waals surface area contributed by atoms with Crippen molar-refractivity contribution in [2.45, 2.75) is 17.9 Å². The van der Waals surface area contributed by atoms with Crippen molar-refractivity contribution in [1.82, 2.24) is 0 Å². The van der Waals surface area contributed by atoms with Crippen LogP contribution in [0.5, 0.6) is 11.5 Å². The number of rotatable bonds is 5. The lowest BCUT2D eigenvalue weighted by atomic mass is 10.0. The minimum Gasteiger partial charge on any atom is -0.486 e. The fourth-order valence-corrected chi connectivity index (χ4v) is 4.56. The average molecular weight is 483 g/mol. The Morgan fingerprint density at radius 3 is 2.55 bits per heavy atom. The first-order chi connectivity index (χ1) is 14.7. The highest BCUT2D eigenvalue weighted by Gasteiger charge is 2.29. The van der Waals surface area contributed by atoms with Crippen LogP contribution in [0.3, 0.4) is 0 Å². The fraction of sp³-hybridized carbons (Fsp3) is 0.182. The van der Waals surface area contributed by atoms with Crippen LogP contribution in [0.4, 0.5) is 4.39 Å². The van der Waals surface area contributed by atoms with Crippen LogP contribution in [-0.2, 0) is 14.3 Å². The third kappa shape index (κ3) is 4.65. The number of benzene rings is 3. The molecule has 1 aliphatic heterocycles. The summed E-state index contributed by atoms with van der Waals surface area (Å²) >= 11 is 12.2. The standard InChI is InChI=1S/C22H17Cl2FO5S/c1-13-2-5-16(6-3-13)31(26,27)29-12-15-11-28-20-9-8-19(25)21(22(20)30-15)17-7-4-14(23)10-18(17)24/h2-10,15H,11-12H2,1H3/t15-/m1/s1. The van der Waals surface area contributed by atoms with Gasteiger partial charge in [0.1, 0.15) is 19.0 Å². The molecule has 0 aliphatic carbocycles. The highest BCUT2D eigenvalue weighted by Crippen LogP contribution is 2.45. The normalized spacial score (nSPS) is 15.7. The second-order valence-corrected chi connectivity index (χ2v) is 9.44. The van der Waals surface area contributed by atoms with E-state index in [2.05, 4.69) is 0 Å². The van der Waals surface area contributed by atoms with E-state index in [0.29, 0.717) is 16.3 Å². The van der Waals surface area contributed by atoms with E-state index in [4.69, 9.17) is 36.9 Å². The van der Waals surface area contributed by atoms with E-state index >= 15 is 0 Å². The van der Waals surface area contributed by atoms with E-state index in [0.717, 1.165) is 5.56 Å². The zero-order chi connectivity index (χ0) is 22.2. The van der Waals surface area contributed by atoms with Gasteiger partial charge >= 0.3 is 0 Å². The lowest BCUT2D eigenvalue weighted by molar-refractivity contribution is 0.0557. The SMILES string of the molecule is Cc1ccc(S(=O)(=O)OC[C@H]2COc3ccc(F)c(-c4ccc(Cl)cc4Cl)c3O2)cc1. The van der Waals surface area contributed by atoms with Crippen molar-refractivity contribution in [3.63, 3.8) is 0 Å². The lowest BCUT2D eigenvalue weighted by Gasteiger charge is -2.28. The molecule has 0 bridgehead atoms. The number of aryl methyl sites for hydroxylation is 1. The summed E-state index contributed by atoms with van der Waals surface area (Å²) < 4.78 is 56.3. The van der Waals surface area contributed by atoms with E-state index in [9.17, 15) is 12.8 Å². The van der Waals surface area contributed by atoms with Crippen LogP contribution in [0, 0.1) is 12.7 Å². The monoisotopic (exact) mass is 482 g/mol. The van der Waals surface area contributed by atoms with Gasteiger partial charge in [-0.25, -0.2) is 4.39 Å². The smallest absolute Gasteiger partial charge is 0.297 e. The molecule has 3 aromatic rings. The predicted octanol–water partition coefficient (Wildman–Crippen LogP) is 5.65. The summed E-state index contributed by atoms with van der Waals surface area (Å²) in [4.78, 5) is 0.0370. The molecular weight excluding hydrogens is 466 g/mol. The van der Waals surface area contributed by atoms with Crippen molar-refractivity contribution in [2.75, 3.05) is 13.2 Å². The minimum absolute atomic E-state index is 0.0370. The molecule has 0 aromatic heterocycles. The molecule has 9 heteroatoms. The molecule has 0 radical (unpaired) electrons. The molecule has 0 unspecified atom stereocenters. The first-order valence-electron chi connectivity index (χ1n) is 9.28. The van der Waals surface area contributed by atoms with Crippen molar-refractivity contribution in [3.8, 4) is 22.6 Å². The maximum atomic E-state index is 14.7. The summed E-state index contributed by atoms with van der Waals surface area (Å²) in [6.45, 7) is 1.58. The number of halogens is 3. The van der Waals surface area contributed by atoms with E-state index in [-0.39, 0.29) is 34.4 Å². The fourth-order valence-electron chi connectivity index (χ4n) is 3.12. The van der Waals surface area contributed by atoms with E-state index < -0.39 is 22.0 Å². The van der Waals surface area contributed by atoms with Gasteiger partial charge in [0.15, 0.2) is 17.6 Å². The summed E-state index contributed by atoms with van der Waals surface area (Å²) in [6, 6.07) is 13.6. The highest BCUT2D eigenvalue weighted by molar-refractivity contribution is 7.86. The summed E-state index contributed by atoms with van der Waals surface area (Å²) in [5.41, 5.74) is 1.40. The Morgan fingerprint density at radius 2 is 1.84 bits per heavy atom. The van der Waals surface area contributed by atoms with Crippen molar-refractivity contribution >= 4 is 33.3 Å². The van der Waals surface area contributed by atoms with Gasteiger partial charge in [-0.2, -0.15) is 8.42 Å². The quantitative estimate of drug-likeness (QED) is 0.439. The van der Waals surface area contributed by atoms with E-state index in [1.807, 2.05) is 6.92 Å². The van der Waals surface area contributed by atoms with E-state index in [1.165, 1.54) is 30.3 Å². The molecule has 1 heterocycles. The van der Waals surface area contributed by atoms with Crippen LogP contribution in [0.15, 0.2) is 59.5 Å². The van der Waals surface area contributed by atoms with Gasteiger partial charge in [0.2, 0.25) is 0 Å². The summed E-state index contributed by atoms with van der Waals surface area (Å²) in [7, 11) is -3.98. The second-order valence-electron chi connectivity index (χ2n) is 6.98. The Labute approximate surface area is 189 Å². The van der Waals surface area contributed by atoms with Gasteiger partial charge in [-0.15, -0.1) is 0 Å². The zero-order valence-corrected chi connectivity index (χ0v) is 18.6. The third-order valence-corrected chi connectivity index (χ3v) is 6.54. The Balaban J connectivity index is 1.58. The van der Waals surface area contributed by atoms with Crippen LogP contribution in [0.1, 0.15) is 5.56 Å². The molecule has 4 rings (SSSR count). The van der Waals surface area contributed by atoms with Crippen LogP contribution < -0.4 is 9.47 Å². The van der Waals surface area contributed by atoms with Crippen molar-refractivity contribution in [2.24, 2.45) is 0 Å². The molecule has 0 spiro atoms. The van der Waals surface area contributed by atoms with Gasteiger partial charge in [-0.1, -0.05) is 47.0 Å². The first kappa shape index (κ1) is 21.9. The molecule has 162 valence electrons. The molecule has 0 fully saturated rings. The molecule has 0 N–H and O–H groups in total. The van der Waals surface area contributed by atoms with Crippen molar-refractivity contribution < 1.29 is 26.5 Å². The first-order valence-corrected chi connectivity index (χ1v) is 11.4. The molecular formula is C22H17Cl2FO5S. The molecule has 0 saturated carbocycles. The highest BCUT2D eigenvalue weighted by atomic mass is 35.5. The van der Waals surface area contributed by atoms with Crippen LogP contribution >= 0.6 is 23.2 Å². The Bertz CT molecular complexity index is 1230. The maximum absolute atomic E-state index is 14.7. The molecule has 5 nitrogen and oxygen atoms in total. The lowest BCUT2D eigenvalue weighted by Crippen LogP contribution is -2.34. The Kier molecular flexibility index (Phi) is 6.12. The van der Waals surface area contributed by atoms with Gasteiger partial charge in [0.05, 0.1) is 15.5 Å². The molecule has 31 heavy (non-hydrogen) atoms. The van der Waals surface area contributed by atoms with Crippen LogP contribution in [0.25, 0.3) is 11.1 Å². The van der Waals surface area contributed by atoms with Gasteiger partial charge < -0.3 is 9.47 Å². The second kappa shape index (κ2) is 8.67. The molecule has 0 saturated heterocycles. The summed E-state index contributed by atoms with van der Waals surface area (Å²) in [5.74, 6) is -0.128. The third-order valence-electron chi connectivity index (χ3n) is 4.70. The summed E-state index contributed by atoms with van der Waals surface area (Å²) in [5, 5.41) is 0.646. The number of hydrogen-bond acceptors (Lipinski definition) is 5. The zero-order valence-electron chi connectivity index (χ0n) is 16.3. The largest absolute Gasteiger partial charge is 0.486 e. The topological polar surface area (TPSA) is 61.8 Å². The number of fused-ring (bicyclic) bond motifs is 1. The number of hydrogen-bond donors (Lipinski definition) is 0. The van der Waals surface area contributed by atoms with Crippen molar-refractivity contribution in [3.05, 3.63) is 76.0 Å². The van der Waals surface area contributed by atoms with Gasteiger partial charge in [0.25, 0.3) is 10.1 Å². The van der Waals surface area contributed by atoms with Gasteiger partial charge in [0, 0.05) is 10.6 Å².